The van der Waals surface area contributed by atoms with E-state index in [9.17, 15) is 9.90 Å². The van der Waals surface area contributed by atoms with Gasteiger partial charge < -0.3 is 14.9 Å². The van der Waals surface area contributed by atoms with Gasteiger partial charge in [-0.2, -0.15) is 0 Å². The Labute approximate surface area is 131 Å². The molecule has 2 aliphatic rings. The molecule has 1 amide bonds. The number of carbonyl (C=O) groups excluding carboxylic acids is 1. The molecule has 0 unspecified atom stereocenters. The van der Waals surface area contributed by atoms with Gasteiger partial charge in [-0.05, 0) is 12.8 Å². The second-order valence-electron chi connectivity index (χ2n) is 6.39. The first-order chi connectivity index (χ1) is 10.7. The van der Waals surface area contributed by atoms with Crippen LogP contribution in [0.15, 0.2) is 18.6 Å². The van der Waals surface area contributed by atoms with Crippen LogP contribution in [0.2, 0.25) is 0 Å². The highest BCUT2D eigenvalue weighted by molar-refractivity contribution is 5.77. The smallest absolute Gasteiger partial charge is 0.225 e. The minimum absolute atomic E-state index is 0.0863. The van der Waals surface area contributed by atoms with E-state index in [1.165, 1.54) is 6.42 Å². The van der Waals surface area contributed by atoms with Crippen molar-refractivity contribution in [2.45, 2.75) is 44.1 Å². The Balaban J connectivity index is 1.51. The van der Waals surface area contributed by atoms with Gasteiger partial charge in [0.1, 0.15) is 5.82 Å². The molecule has 0 spiro atoms. The van der Waals surface area contributed by atoms with Crippen LogP contribution >= 0.6 is 0 Å². The van der Waals surface area contributed by atoms with Gasteiger partial charge in [-0.1, -0.05) is 19.3 Å². The fraction of sp³-hybridized carbons (Fsp3) is 0.688. The van der Waals surface area contributed by atoms with E-state index in [-0.39, 0.29) is 12.3 Å². The summed E-state index contributed by atoms with van der Waals surface area (Å²) in [5.74, 6) is 0.948. The third-order valence-electron chi connectivity index (χ3n) is 4.77. The number of aliphatic hydroxyl groups is 1. The van der Waals surface area contributed by atoms with Gasteiger partial charge in [-0.3, -0.25) is 9.78 Å². The zero-order valence-electron chi connectivity index (χ0n) is 12.9. The Bertz CT molecular complexity index is 494. The van der Waals surface area contributed by atoms with Gasteiger partial charge in [-0.25, -0.2) is 4.98 Å². The van der Waals surface area contributed by atoms with Crippen molar-refractivity contribution in [2.24, 2.45) is 0 Å². The molecule has 1 aromatic heterocycles. The average Bonchev–Trinajstić information content (AvgIpc) is 2.56. The second kappa shape index (κ2) is 6.60. The summed E-state index contributed by atoms with van der Waals surface area (Å²) >= 11 is 0. The minimum Gasteiger partial charge on any atom is -0.389 e. The number of hydrogen-bond donors (Lipinski definition) is 1. The summed E-state index contributed by atoms with van der Waals surface area (Å²) in [4.78, 5) is 24.8. The van der Waals surface area contributed by atoms with Gasteiger partial charge in [0.2, 0.25) is 5.91 Å². The zero-order valence-corrected chi connectivity index (χ0v) is 12.9. The highest BCUT2D eigenvalue weighted by atomic mass is 16.3. The predicted molar refractivity (Wildman–Crippen MR) is 83.5 cm³/mol. The SMILES string of the molecule is O=C(CC1(O)CCCCC1)N1CCN(c2cnccn2)CC1. The summed E-state index contributed by atoms with van der Waals surface area (Å²) in [5, 5.41) is 10.5. The molecular formula is C16H24N4O2. The maximum absolute atomic E-state index is 12.4. The molecule has 0 bridgehead atoms. The van der Waals surface area contributed by atoms with Crippen LogP contribution in [0.5, 0.6) is 0 Å². The number of anilines is 1. The summed E-state index contributed by atoms with van der Waals surface area (Å²) in [6, 6.07) is 0. The van der Waals surface area contributed by atoms with Crippen LogP contribution in [0.4, 0.5) is 5.82 Å². The van der Waals surface area contributed by atoms with Gasteiger partial charge >= 0.3 is 0 Å². The van der Waals surface area contributed by atoms with Crippen LogP contribution in [0.25, 0.3) is 0 Å². The minimum atomic E-state index is -0.766. The number of aromatic nitrogens is 2. The number of carbonyl (C=O) groups is 1. The Hall–Kier alpha value is -1.69. The third-order valence-corrected chi connectivity index (χ3v) is 4.77. The van der Waals surface area contributed by atoms with E-state index in [1.807, 2.05) is 4.90 Å². The molecule has 3 rings (SSSR count). The molecule has 0 aromatic carbocycles. The average molecular weight is 304 g/mol. The van der Waals surface area contributed by atoms with E-state index in [0.717, 1.165) is 44.6 Å². The molecule has 2 fully saturated rings. The summed E-state index contributed by atoms with van der Waals surface area (Å²) in [6.07, 6.45) is 10.1. The van der Waals surface area contributed by atoms with Crippen molar-refractivity contribution in [1.29, 1.82) is 0 Å². The Kier molecular flexibility index (Phi) is 4.57. The molecule has 1 saturated carbocycles. The quantitative estimate of drug-likeness (QED) is 0.909. The van der Waals surface area contributed by atoms with Gasteiger partial charge in [0.25, 0.3) is 0 Å². The largest absolute Gasteiger partial charge is 0.389 e. The molecular weight excluding hydrogens is 280 g/mol. The number of rotatable bonds is 3. The first-order valence-electron chi connectivity index (χ1n) is 8.17. The lowest BCUT2D eigenvalue weighted by Crippen LogP contribution is -2.50. The normalized spacial score (nSPS) is 21.7. The first kappa shape index (κ1) is 15.2. The topological polar surface area (TPSA) is 69.6 Å². The molecule has 22 heavy (non-hydrogen) atoms. The standard InChI is InChI=1S/C16H24N4O2/c21-15(12-16(22)4-2-1-3-5-16)20-10-8-19(9-11-20)14-13-17-6-7-18-14/h6-7,13,22H,1-5,8-12H2. The van der Waals surface area contributed by atoms with E-state index in [1.54, 1.807) is 18.6 Å². The second-order valence-corrected chi connectivity index (χ2v) is 6.39. The molecule has 1 aliphatic heterocycles. The Morgan fingerprint density at radius 3 is 2.50 bits per heavy atom. The van der Waals surface area contributed by atoms with Crippen LogP contribution in [-0.2, 0) is 4.79 Å². The molecule has 6 heteroatoms. The van der Waals surface area contributed by atoms with Crippen molar-refractivity contribution >= 4 is 11.7 Å². The highest BCUT2D eigenvalue weighted by Gasteiger charge is 2.34. The van der Waals surface area contributed by atoms with Crippen LogP contribution in [0.3, 0.4) is 0 Å². The Morgan fingerprint density at radius 2 is 1.86 bits per heavy atom. The molecule has 0 radical (unpaired) electrons. The lowest BCUT2D eigenvalue weighted by atomic mass is 9.82. The van der Waals surface area contributed by atoms with Crippen LogP contribution < -0.4 is 4.90 Å². The molecule has 1 aliphatic carbocycles. The number of hydrogen-bond acceptors (Lipinski definition) is 5. The van der Waals surface area contributed by atoms with Crippen molar-refractivity contribution in [3.63, 3.8) is 0 Å². The molecule has 1 saturated heterocycles. The maximum Gasteiger partial charge on any atom is 0.225 e. The fourth-order valence-corrected chi connectivity index (χ4v) is 3.42. The van der Waals surface area contributed by atoms with Crippen LogP contribution in [0.1, 0.15) is 38.5 Å². The monoisotopic (exact) mass is 304 g/mol. The van der Waals surface area contributed by atoms with Crippen molar-refractivity contribution < 1.29 is 9.90 Å². The predicted octanol–water partition coefficient (Wildman–Crippen LogP) is 1.21. The number of amides is 1. The van der Waals surface area contributed by atoms with Crippen molar-refractivity contribution in [2.75, 3.05) is 31.1 Å². The molecule has 120 valence electrons. The summed E-state index contributed by atoms with van der Waals surface area (Å²) in [6.45, 7) is 2.91. The fourth-order valence-electron chi connectivity index (χ4n) is 3.42. The molecule has 6 nitrogen and oxygen atoms in total. The maximum atomic E-state index is 12.4. The van der Waals surface area contributed by atoms with Gasteiger partial charge in [-0.15, -0.1) is 0 Å². The lowest BCUT2D eigenvalue weighted by molar-refractivity contribution is -0.138. The van der Waals surface area contributed by atoms with Gasteiger partial charge in [0, 0.05) is 38.6 Å². The van der Waals surface area contributed by atoms with Crippen molar-refractivity contribution in [3.05, 3.63) is 18.6 Å². The van der Waals surface area contributed by atoms with Gasteiger partial charge in [0.15, 0.2) is 0 Å². The lowest BCUT2D eigenvalue weighted by Gasteiger charge is -2.38. The first-order valence-corrected chi connectivity index (χ1v) is 8.17. The van der Waals surface area contributed by atoms with E-state index >= 15 is 0 Å². The van der Waals surface area contributed by atoms with E-state index in [4.69, 9.17) is 0 Å². The summed E-state index contributed by atoms with van der Waals surface area (Å²) < 4.78 is 0. The number of piperazine rings is 1. The van der Waals surface area contributed by atoms with Gasteiger partial charge in [0.05, 0.1) is 18.2 Å². The number of nitrogens with zero attached hydrogens (tertiary/aromatic N) is 4. The molecule has 1 aromatic rings. The summed E-state index contributed by atoms with van der Waals surface area (Å²) in [7, 11) is 0. The van der Waals surface area contributed by atoms with E-state index < -0.39 is 5.60 Å². The van der Waals surface area contributed by atoms with Crippen LogP contribution in [0, 0.1) is 0 Å². The highest BCUT2D eigenvalue weighted by Crippen LogP contribution is 2.31. The molecule has 0 atom stereocenters. The molecule has 2 heterocycles. The summed E-state index contributed by atoms with van der Waals surface area (Å²) in [5.41, 5.74) is -0.766. The van der Waals surface area contributed by atoms with E-state index in [0.29, 0.717) is 13.1 Å². The third kappa shape index (κ3) is 3.55. The van der Waals surface area contributed by atoms with Crippen molar-refractivity contribution in [1.82, 2.24) is 14.9 Å². The Morgan fingerprint density at radius 1 is 1.14 bits per heavy atom. The van der Waals surface area contributed by atoms with Crippen molar-refractivity contribution in [3.8, 4) is 0 Å². The zero-order chi connectivity index (χ0) is 15.4. The van der Waals surface area contributed by atoms with E-state index in [2.05, 4.69) is 14.9 Å². The molecule has 1 N–H and O–H groups in total. The van der Waals surface area contributed by atoms with Crippen LogP contribution in [-0.4, -0.2) is 57.7 Å².